The van der Waals surface area contributed by atoms with Crippen LogP contribution < -0.4 is 0 Å². The first-order valence-electron chi connectivity index (χ1n) is 13.2. The van der Waals surface area contributed by atoms with Crippen LogP contribution in [0.2, 0.25) is 50.9 Å². The van der Waals surface area contributed by atoms with Crippen molar-refractivity contribution >= 4 is 43.8 Å². The minimum atomic E-state index is -4.70. The zero-order valence-electron chi connectivity index (χ0n) is 24.7. The molecular formula is C20H43F9O7Si5. The van der Waals surface area contributed by atoms with Gasteiger partial charge in [0.2, 0.25) is 0 Å². The average molecular weight is 707 g/mol. The first-order valence-corrected chi connectivity index (χ1v) is 25.2. The molecule has 0 saturated carbocycles. The summed E-state index contributed by atoms with van der Waals surface area (Å²) < 4.78 is 161. The third-order valence-electron chi connectivity index (χ3n) is 5.24. The second-order valence-electron chi connectivity index (χ2n) is 10.0. The predicted molar refractivity (Wildman–Crippen MR) is 145 cm³/mol. The zero-order chi connectivity index (χ0) is 32.4. The maximum atomic E-state index is 13.4. The highest BCUT2D eigenvalue weighted by Crippen LogP contribution is 2.38. The van der Waals surface area contributed by atoms with Crippen LogP contribution in [-0.2, 0) is 29.7 Å². The Morgan fingerprint density at radius 1 is 0.512 bits per heavy atom. The lowest BCUT2D eigenvalue weighted by Gasteiger charge is -2.44. The van der Waals surface area contributed by atoms with E-state index in [1.807, 2.05) is 0 Å². The summed E-state index contributed by atoms with van der Waals surface area (Å²) in [6, 6.07) is -2.22. The maximum absolute atomic E-state index is 13.4. The summed E-state index contributed by atoms with van der Waals surface area (Å²) in [7, 11) is -18.6. The van der Waals surface area contributed by atoms with Gasteiger partial charge in [0.1, 0.15) is 0 Å². The van der Waals surface area contributed by atoms with E-state index < -0.39 is 99.7 Å². The van der Waals surface area contributed by atoms with Crippen molar-refractivity contribution in [2.75, 3.05) is 19.8 Å². The molecule has 0 aromatic heterocycles. The van der Waals surface area contributed by atoms with Gasteiger partial charge in [0, 0.05) is 39.1 Å². The SMILES string of the molecule is CCO[Si](OCC)(OCC)O[Si](C)(CCC(F)(F)F)O[Si](C)(CCC(F)(F)F)O[Si](C)(CCC(F)(F)F)O[SiH](C)C. The highest BCUT2D eigenvalue weighted by molar-refractivity contribution is 6.88. The van der Waals surface area contributed by atoms with Gasteiger partial charge in [-0.05, 0) is 71.6 Å². The molecule has 0 aromatic carbocycles. The van der Waals surface area contributed by atoms with Gasteiger partial charge in [-0.15, -0.1) is 0 Å². The summed E-state index contributed by atoms with van der Waals surface area (Å²) in [6.45, 7) is 11.7. The van der Waals surface area contributed by atoms with Crippen LogP contribution in [0.25, 0.3) is 0 Å². The molecule has 0 aliphatic carbocycles. The molecule has 0 fully saturated rings. The van der Waals surface area contributed by atoms with Gasteiger partial charge >= 0.3 is 53.3 Å². The Balaban J connectivity index is 6.77. The molecule has 0 radical (unpaired) electrons. The summed E-state index contributed by atoms with van der Waals surface area (Å²) >= 11 is 0. The van der Waals surface area contributed by atoms with Gasteiger partial charge in [0.15, 0.2) is 9.04 Å². The Labute approximate surface area is 242 Å². The Hall–Kier alpha value is 0.174. The van der Waals surface area contributed by atoms with Crippen LogP contribution in [0, 0.1) is 0 Å². The topological polar surface area (TPSA) is 64.6 Å². The third kappa shape index (κ3) is 18.6. The van der Waals surface area contributed by atoms with Crippen LogP contribution in [0.3, 0.4) is 0 Å². The molecule has 0 rings (SSSR count). The van der Waals surface area contributed by atoms with Crippen LogP contribution in [-0.4, -0.2) is 82.1 Å². The molecule has 3 atom stereocenters. The number of rotatable bonds is 20. The highest BCUT2D eigenvalue weighted by atomic mass is 28.5. The van der Waals surface area contributed by atoms with E-state index in [2.05, 4.69) is 0 Å². The maximum Gasteiger partial charge on any atom is 0.670 e. The lowest BCUT2D eigenvalue weighted by Crippen LogP contribution is -2.63. The first-order chi connectivity index (χ1) is 18.3. The van der Waals surface area contributed by atoms with E-state index in [0.29, 0.717) is 0 Å². The van der Waals surface area contributed by atoms with Crippen molar-refractivity contribution in [3.8, 4) is 0 Å². The lowest BCUT2D eigenvalue weighted by atomic mass is 10.5. The van der Waals surface area contributed by atoms with E-state index in [0.717, 1.165) is 0 Å². The zero-order valence-corrected chi connectivity index (χ0v) is 29.9. The van der Waals surface area contributed by atoms with Crippen molar-refractivity contribution in [3.63, 3.8) is 0 Å². The Kier molecular flexibility index (Phi) is 16.5. The quantitative estimate of drug-likeness (QED) is 0.0952. The number of halogens is 9. The van der Waals surface area contributed by atoms with Crippen molar-refractivity contribution in [2.45, 2.75) is 109 Å². The minimum absolute atomic E-state index is 0.0233. The normalized spacial score (nSPS) is 18.3. The van der Waals surface area contributed by atoms with Crippen molar-refractivity contribution in [1.82, 2.24) is 0 Å². The smallest absolute Gasteiger partial charge is 0.439 e. The second-order valence-corrected chi connectivity index (χ2v) is 25.7. The molecule has 0 N–H and O–H groups in total. The minimum Gasteiger partial charge on any atom is -0.439 e. The molecule has 3 unspecified atom stereocenters. The molecular weight excluding hydrogens is 664 g/mol. The predicted octanol–water partition coefficient (Wildman–Crippen LogP) is 7.65. The number of hydrogen-bond donors (Lipinski definition) is 0. The third-order valence-corrected chi connectivity index (χ3v) is 24.2. The van der Waals surface area contributed by atoms with Crippen LogP contribution in [0.15, 0.2) is 0 Å². The van der Waals surface area contributed by atoms with Crippen molar-refractivity contribution in [2.24, 2.45) is 0 Å². The van der Waals surface area contributed by atoms with Crippen LogP contribution in [0.5, 0.6) is 0 Å². The fraction of sp³-hybridized carbons (Fsp3) is 1.00. The molecule has 0 aliphatic rings. The van der Waals surface area contributed by atoms with E-state index in [1.54, 1.807) is 33.9 Å². The lowest BCUT2D eigenvalue weighted by molar-refractivity contribution is -0.132. The summed E-state index contributed by atoms with van der Waals surface area (Å²) in [5, 5.41) is 0. The molecule has 0 bridgehead atoms. The van der Waals surface area contributed by atoms with E-state index in [-0.39, 0.29) is 19.8 Å². The summed E-state index contributed by atoms with van der Waals surface area (Å²) in [6.07, 6.45) is -18.1. The van der Waals surface area contributed by atoms with Crippen LogP contribution >= 0.6 is 0 Å². The molecule has 0 amide bonds. The van der Waals surface area contributed by atoms with Crippen molar-refractivity contribution in [1.29, 1.82) is 0 Å². The van der Waals surface area contributed by atoms with Gasteiger partial charge in [-0.2, -0.15) is 39.5 Å². The highest BCUT2D eigenvalue weighted by Gasteiger charge is 2.57. The van der Waals surface area contributed by atoms with Crippen molar-refractivity contribution in [3.05, 3.63) is 0 Å². The van der Waals surface area contributed by atoms with E-state index in [4.69, 9.17) is 29.7 Å². The van der Waals surface area contributed by atoms with Crippen LogP contribution in [0.4, 0.5) is 39.5 Å². The number of alkyl halides is 9. The van der Waals surface area contributed by atoms with Gasteiger partial charge < -0.3 is 29.7 Å². The molecule has 248 valence electrons. The Morgan fingerprint density at radius 2 is 0.805 bits per heavy atom. The molecule has 21 heteroatoms. The van der Waals surface area contributed by atoms with E-state index in [1.165, 1.54) is 19.6 Å². The fourth-order valence-corrected chi connectivity index (χ4v) is 25.8. The molecule has 0 saturated heterocycles. The second kappa shape index (κ2) is 16.5. The van der Waals surface area contributed by atoms with E-state index >= 15 is 0 Å². The number of hydrogen-bond acceptors (Lipinski definition) is 7. The summed E-state index contributed by atoms with van der Waals surface area (Å²) in [4.78, 5) is 0. The average Bonchev–Trinajstić information content (AvgIpc) is 2.74. The van der Waals surface area contributed by atoms with Crippen LogP contribution in [0.1, 0.15) is 40.0 Å². The first kappa shape index (κ1) is 41.2. The van der Waals surface area contributed by atoms with Crippen molar-refractivity contribution < 1.29 is 69.3 Å². The molecule has 7 nitrogen and oxygen atoms in total. The Bertz CT molecular complexity index is 747. The monoisotopic (exact) mass is 706 g/mol. The summed E-state index contributed by atoms with van der Waals surface area (Å²) in [5.41, 5.74) is 0. The molecule has 41 heavy (non-hydrogen) atoms. The van der Waals surface area contributed by atoms with Gasteiger partial charge in [-0.3, -0.25) is 0 Å². The molecule has 0 aromatic rings. The van der Waals surface area contributed by atoms with Gasteiger partial charge in [0.25, 0.3) is 0 Å². The largest absolute Gasteiger partial charge is 0.670 e. The van der Waals surface area contributed by atoms with E-state index in [9.17, 15) is 39.5 Å². The Morgan fingerprint density at radius 3 is 1.10 bits per heavy atom. The fourth-order valence-electron chi connectivity index (χ4n) is 3.91. The van der Waals surface area contributed by atoms with Gasteiger partial charge in [0.05, 0.1) is 0 Å². The molecule has 0 heterocycles. The van der Waals surface area contributed by atoms with Gasteiger partial charge in [-0.1, -0.05) is 0 Å². The molecule has 0 aliphatic heterocycles. The van der Waals surface area contributed by atoms with Gasteiger partial charge in [-0.25, -0.2) is 0 Å². The standard InChI is InChI=1S/C20H43F9O7Si5/c1-9-30-41(31-10-2,32-11-3)36-40(8,17-14-20(27,28)29)35-39(7,16-13-19(24,25)26)34-38(6,33-37(4)5)15-12-18(21,22)23/h37H,9-17H2,1-8H3. The summed E-state index contributed by atoms with van der Waals surface area (Å²) in [5.74, 6) is 0. The molecule has 0 spiro atoms.